The third-order valence-electron chi connectivity index (χ3n) is 4.12. The predicted octanol–water partition coefficient (Wildman–Crippen LogP) is 4.32. The van der Waals surface area contributed by atoms with Gasteiger partial charge in [-0.1, -0.05) is 30.7 Å². The van der Waals surface area contributed by atoms with E-state index in [9.17, 15) is 4.79 Å². The molecule has 0 unspecified atom stereocenters. The van der Waals surface area contributed by atoms with Crippen molar-refractivity contribution in [2.24, 2.45) is 0 Å². The van der Waals surface area contributed by atoms with Crippen molar-refractivity contribution < 1.29 is 4.79 Å². The second-order valence-corrected chi connectivity index (χ2v) is 7.54. The highest BCUT2D eigenvalue weighted by Gasteiger charge is 2.20. The topological polar surface area (TPSA) is 49.3 Å². The zero-order valence-electron chi connectivity index (χ0n) is 15.1. The van der Waals surface area contributed by atoms with Crippen molar-refractivity contribution in [3.05, 3.63) is 41.0 Å². The van der Waals surface area contributed by atoms with Crippen LogP contribution in [0.5, 0.6) is 0 Å². The molecule has 136 valence electrons. The number of fused-ring (bicyclic) bond motifs is 1. The summed E-state index contributed by atoms with van der Waals surface area (Å²) in [7, 11) is 3.54. The summed E-state index contributed by atoms with van der Waals surface area (Å²) in [4.78, 5) is 25.8. The summed E-state index contributed by atoms with van der Waals surface area (Å²) in [6.07, 6.45) is 2.50. The number of benzene rings is 1. The van der Waals surface area contributed by atoms with Gasteiger partial charge in [0.2, 0.25) is 5.91 Å². The number of carbonyl (C=O) groups excluding carboxylic acids is 1. The summed E-state index contributed by atoms with van der Waals surface area (Å²) >= 11 is 7.61. The molecule has 3 aromatic rings. The molecule has 26 heavy (non-hydrogen) atoms. The number of likely N-dealkylation sites (N-methyl/N-ethyl adjacent to an activating group) is 1. The van der Waals surface area contributed by atoms with Gasteiger partial charge in [-0.3, -0.25) is 4.79 Å². The van der Waals surface area contributed by atoms with Crippen LogP contribution in [-0.4, -0.2) is 48.0 Å². The van der Waals surface area contributed by atoms with Gasteiger partial charge in [-0.25, -0.2) is 9.97 Å². The second kappa shape index (κ2) is 8.01. The molecule has 0 aliphatic rings. The number of halogens is 1. The fourth-order valence-corrected chi connectivity index (χ4v) is 3.81. The molecule has 1 amide bonds. The van der Waals surface area contributed by atoms with E-state index >= 15 is 0 Å². The van der Waals surface area contributed by atoms with E-state index < -0.39 is 0 Å². The van der Waals surface area contributed by atoms with E-state index in [0.717, 1.165) is 40.1 Å². The minimum absolute atomic E-state index is 0.0495. The molecule has 0 saturated heterocycles. The van der Waals surface area contributed by atoms with Gasteiger partial charge in [-0.15, -0.1) is 11.3 Å². The summed E-state index contributed by atoms with van der Waals surface area (Å²) in [6, 6.07) is 7.75. The molecule has 5 nitrogen and oxygen atoms in total. The van der Waals surface area contributed by atoms with Crippen LogP contribution < -0.4 is 4.90 Å². The van der Waals surface area contributed by atoms with Gasteiger partial charge in [0.05, 0.1) is 11.9 Å². The van der Waals surface area contributed by atoms with Gasteiger partial charge in [0.25, 0.3) is 0 Å². The third kappa shape index (κ3) is 3.81. The Kier molecular flexibility index (Phi) is 5.74. The van der Waals surface area contributed by atoms with Crippen molar-refractivity contribution in [2.45, 2.75) is 13.3 Å². The number of thiophene rings is 1. The quantitative estimate of drug-likeness (QED) is 0.631. The minimum Gasteiger partial charge on any atom is -0.347 e. The lowest BCUT2D eigenvalue weighted by Gasteiger charge is -2.25. The fraction of sp³-hybridized carbons (Fsp3) is 0.316. The summed E-state index contributed by atoms with van der Waals surface area (Å²) in [5, 5.41) is 3.78. The number of anilines is 1. The monoisotopic (exact) mass is 388 g/mol. The Bertz CT molecular complexity index is 908. The molecule has 0 fully saturated rings. The van der Waals surface area contributed by atoms with Crippen LogP contribution in [0.1, 0.15) is 13.3 Å². The standard InChI is InChI=1S/C19H21ClN4OS/c1-4-9-24(10-16(25)23(2)3)18-17-15(11-26-19(17)22-12-21-18)13-5-7-14(20)8-6-13/h5-8,11-12H,4,9-10H2,1-3H3. The second-order valence-electron chi connectivity index (χ2n) is 6.24. The number of hydrogen-bond donors (Lipinski definition) is 0. The first-order valence-electron chi connectivity index (χ1n) is 8.44. The Morgan fingerprint density at radius 1 is 1.19 bits per heavy atom. The van der Waals surface area contributed by atoms with Crippen LogP contribution in [0.3, 0.4) is 0 Å². The Labute approximate surface area is 162 Å². The van der Waals surface area contributed by atoms with E-state index in [1.165, 1.54) is 0 Å². The van der Waals surface area contributed by atoms with E-state index in [1.54, 1.807) is 36.7 Å². The molecule has 0 bridgehead atoms. The molecule has 0 spiro atoms. The van der Waals surface area contributed by atoms with Crippen molar-refractivity contribution >= 4 is 44.9 Å². The van der Waals surface area contributed by atoms with Crippen molar-refractivity contribution in [1.82, 2.24) is 14.9 Å². The average molecular weight is 389 g/mol. The predicted molar refractivity (Wildman–Crippen MR) is 109 cm³/mol. The van der Waals surface area contributed by atoms with Crippen LogP contribution in [0, 0.1) is 0 Å². The molecule has 0 aliphatic heterocycles. The van der Waals surface area contributed by atoms with Gasteiger partial charge < -0.3 is 9.80 Å². The van der Waals surface area contributed by atoms with Crippen molar-refractivity contribution in [3.63, 3.8) is 0 Å². The fourth-order valence-electron chi connectivity index (χ4n) is 2.78. The van der Waals surface area contributed by atoms with Crippen molar-refractivity contribution in [1.29, 1.82) is 0 Å². The molecule has 0 atom stereocenters. The Balaban J connectivity index is 2.10. The largest absolute Gasteiger partial charge is 0.347 e. The summed E-state index contributed by atoms with van der Waals surface area (Å²) in [6.45, 7) is 3.14. The van der Waals surface area contributed by atoms with Crippen LogP contribution in [-0.2, 0) is 4.79 Å². The molecule has 2 aromatic heterocycles. The summed E-state index contributed by atoms with van der Waals surface area (Å²) < 4.78 is 0. The first-order chi connectivity index (χ1) is 12.5. The molecular weight excluding hydrogens is 368 g/mol. The minimum atomic E-state index is 0.0495. The van der Waals surface area contributed by atoms with Gasteiger partial charge in [-0.05, 0) is 24.1 Å². The lowest BCUT2D eigenvalue weighted by Crippen LogP contribution is -2.37. The summed E-state index contributed by atoms with van der Waals surface area (Å²) in [5.41, 5.74) is 2.13. The molecule has 0 aliphatic carbocycles. The van der Waals surface area contributed by atoms with E-state index in [-0.39, 0.29) is 5.91 Å². The lowest BCUT2D eigenvalue weighted by atomic mass is 10.1. The van der Waals surface area contributed by atoms with E-state index in [1.807, 2.05) is 29.2 Å². The average Bonchev–Trinajstić information content (AvgIpc) is 3.06. The number of nitrogens with zero attached hydrogens (tertiary/aromatic N) is 4. The molecule has 2 heterocycles. The van der Waals surface area contributed by atoms with E-state index in [0.29, 0.717) is 11.6 Å². The van der Waals surface area contributed by atoms with E-state index in [4.69, 9.17) is 11.6 Å². The van der Waals surface area contributed by atoms with Crippen LogP contribution in [0.4, 0.5) is 5.82 Å². The van der Waals surface area contributed by atoms with Crippen molar-refractivity contribution in [3.8, 4) is 11.1 Å². The SMILES string of the molecule is CCCN(CC(=O)N(C)C)c1ncnc2scc(-c3ccc(Cl)cc3)c12. The maximum Gasteiger partial charge on any atom is 0.241 e. The maximum atomic E-state index is 12.3. The number of carbonyl (C=O) groups is 1. The highest BCUT2D eigenvalue weighted by molar-refractivity contribution is 7.17. The lowest BCUT2D eigenvalue weighted by molar-refractivity contribution is -0.127. The van der Waals surface area contributed by atoms with Gasteiger partial charge in [-0.2, -0.15) is 0 Å². The number of amides is 1. The van der Waals surface area contributed by atoms with Crippen LogP contribution in [0.25, 0.3) is 21.3 Å². The maximum absolute atomic E-state index is 12.3. The molecule has 0 saturated carbocycles. The molecule has 7 heteroatoms. The third-order valence-corrected chi connectivity index (χ3v) is 5.26. The van der Waals surface area contributed by atoms with E-state index in [2.05, 4.69) is 22.3 Å². The summed E-state index contributed by atoms with van der Waals surface area (Å²) in [5.74, 6) is 0.853. The molecular formula is C19H21ClN4OS. The van der Waals surface area contributed by atoms with Crippen LogP contribution >= 0.6 is 22.9 Å². The Morgan fingerprint density at radius 3 is 2.58 bits per heavy atom. The smallest absolute Gasteiger partial charge is 0.241 e. The van der Waals surface area contributed by atoms with Crippen LogP contribution in [0.2, 0.25) is 5.02 Å². The van der Waals surface area contributed by atoms with Gasteiger partial charge >= 0.3 is 0 Å². The molecule has 3 rings (SSSR count). The molecule has 1 aromatic carbocycles. The first-order valence-corrected chi connectivity index (χ1v) is 9.70. The first kappa shape index (κ1) is 18.6. The normalized spacial score (nSPS) is 10.9. The van der Waals surface area contributed by atoms with Gasteiger partial charge in [0.1, 0.15) is 17.0 Å². The molecule has 0 N–H and O–H groups in total. The van der Waals surface area contributed by atoms with Crippen LogP contribution in [0.15, 0.2) is 36.0 Å². The highest BCUT2D eigenvalue weighted by atomic mass is 35.5. The Hall–Kier alpha value is -2.18. The number of aromatic nitrogens is 2. The highest BCUT2D eigenvalue weighted by Crippen LogP contribution is 2.38. The van der Waals surface area contributed by atoms with Gasteiger partial charge in [0, 0.05) is 36.6 Å². The zero-order chi connectivity index (χ0) is 18.7. The Morgan fingerprint density at radius 2 is 1.92 bits per heavy atom. The van der Waals surface area contributed by atoms with Crippen molar-refractivity contribution in [2.75, 3.05) is 32.1 Å². The van der Waals surface area contributed by atoms with Gasteiger partial charge in [0.15, 0.2) is 0 Å². The number of hydrogen-bond acceptors (Lipinski definition) is 5. The molecule has 0 radical (unpaired) electrons. The number of rotatable bonds is 6. The zero-order valence-corrected chi connectivity index (χ0v) is 16.6.